The van der Waals surface area contributed by atoms with Crippen LogP contribution in [0.2, 0.25) is 0 Å². The van der Waals surface area contributed by atoms with Gasteiger partial charge in [0.2, 0.25) is 0 Å². The van der Waals surface area contributed by atoms with Gasteiger partial charge >= 0.3 is 0 Å². The Labute approximate surface area is 87.8 Å². The van der Waals surface area contributed by atoms with Gasteiger partial charge in [-0.25, -0.2) is 0 Å². The molecule has 0 saturated heterocycles. The van der Waals surface area contributed by atoms with Crippen molar-refractivity contribution in [1.29, 1.82) is 5.26 Å². The van der Waals surface area contributed by atoms with Crippen molar-refractivity contribution >= 4 is 0 Å². The van der Waals surface area contributed by atoms with Crippen LogP contribution < -0.4 is 0 Å². The standard InChI is InChI=1S/C13H21N/c1-10(2)12-7-6-11(3)13(9-12)5-4-8-14/h4-5,10-13H,6-7,9H2,1-3H3/t11-,12+,13+/m1/s1. The predicted octanol–water partition coefficient (Wildman–Crippen LogP) is 3.77. The molecule has 0 aromatic heterocycles. The van der Waals surface area contributed by atoms with Crippen LogP contribution in [0.3, 0.4) is 0 Å². The molecule has 1 aliphatic rings. The molecule has 0 spiro atoms. The first-order valence-electron chi connectivity index (χ1n) is 5.71. The number of allylic oxidation sites excluding steroid dienone is 2. The van der Waals surface area contributed by atoms with Crippen molar-refractivity contribution in [2.24, 2.45) is 23.7 Å². The van der Waals surface area contributed by atoms with E-state index < -0.39 is 0 Å². The van der Waals surface area contributed by atoms with Crippen molar-refractivity contribution in [3.05, 3.63) is 12.2 Å². The van der Waals surface area contributed by atoms with Gasteiger partial charge in [0.25, 0.3) is 0 Å². The quantitative estimate of drug-likeness (QED) is 0.609. The Balaban J connectivity index is 2.56. The molecule has 0 bridgehead atoms. The summed E-state index contributed by atoms with van der Waals surface area (Å²) in [4.78, 5) is 0. The van der Waals surface area contributed by atoms with Crippen molar-refractivity contribution in [3.8, 4) is 6.07 Å². The van der Waals surface area contributed by atoms with Gasteiger partial charge in [-0.05, 0) is 42.9 Å². The molecule has 0 heterocycles. The van der Waals surface area contributed by atoms with E-state index in [2.05, 4.69) is 32.9 Å². The maximum atomic E-state index is 8.52. The number of nitriles is 1. The van der Waals surface area contributed by atoms with Gasteiger partial charge in [-0.3, -0.25) is 0 Å². The van der Waals surface area contributed by atoms with Crippen LogP contribution in [0.25, 0.3) is 0 Å². The van der Waals surface area contributed by atoms with Crippen molar-refractivity contribution in [2.75, 3.05) is 0 Å². The fraction of sp³-hybridized carbons (Fsp3) is 0.769. The highest BCUT2D eigenvalue weighted by atomic mass is 14.3. The van der Waals surface area contributed by atoms with E-state index >= 15 is 0 Å². The average molecular weight is 191 g/mol. The maximum absolute atomic E-state index is 8.52. The Kier molecular flexibility index (Phi) is 4.20. The zero-order valence-electron chi connectivity index (χ0n) is 9.53. The van der Waals surface area contributed by atoms with Crippen molar-refractivity contribution in [1.82, 2.24) is 0 Å². The lowest BCUT2D eigenvalue weighted by atomic mass is 9.71. The molecule has 1 aliphatic carbocycles. The van der Waals surface area contributed by atoms with E-state index in [0.29, 0.717) is 5.92 Å². The van der Waals surface area contributed by atoms with Crippen LogP contribution in [-0.4, -0.2) is 0 Å². The average Bonchev–Trinajstić information content (AvgIpc) is 2.16. The third-order valence-electron chi connectivity index (χ3n) is 3.66. The van der Waals surface area contributed by atoms with Crippen LogP contribution in [-0.2, 0) is 0 Å². The Hall–Kier alpha value is -0.770. The smallest absolute Gasteiger partial charge is 0.0908 e. The molecule has 0 aromatic rings. The van der Waals surface area contributed by atoms with Gasteiger partial charge in [-0.15, -0.1) is 0 Å². The van der Waals surface area contributed by atoms with E-state index in [-0.39, 0.29) is 0 Å². The van der Waals surface area contributed by atoms with Crippen LogP contribution >= 0.6 is 0 Å². The van der Waals surface area contributed by atoms with E-state index in [1.54, 1.807) is 6.08 Å². The van der Waals surface area contributed by atoms with Gasteiger partial charge < -0.3 is 0 Å². The molecule has 0 aromatic carbocycles. The Bertz CT molecular complexity index is 234. The van der Waals surface area contributed by atoms with Gasteiger partial charge in [-0.1, -0.05) is 26.8 Å². The molecule has 1 rings (SSSR count). The number of rotatable bonds is 2. The largest absolute Gasteiger partial charge is 0.193 e. The van der Waals surface area contributed by atoms with Crippen molar-refractivity contribution in [3.63, 3.8) is 0 Å². The minimum atomic E-state index is 0.635. The Morgan fingerprint density at radius 3 is 2.64 bits per heavy atom. The molecule has 0 unspecified atom stereocenters. The van der Waals surface area contributed by atoms with Crippen LogP contribution in [0, 0.1) is 35.0 Å². The number of hydrogen-bond acceptors (Lipinski definition) is 1. The van der Waals surface area contributed by atoms with Crippen LogP contribution in [0.5, 0.6) is 0 Å². The molecule has 0 aliphatic heterocycles. The molecule has 78 valence electrons. The lowest BCUT2D eigenvalue weighted by Crippen LogP contribution is -2.24. The zero-order valence-corrected chi connectivity index (χ0v) is 9.53. The SMILES string of the molecule is CC(C)[C@H]1CC[C@@H](C)[C@@H](C=CC#N)C1. The summed E-state index contributed by atoms with van der Waals surface area (Å²) in [5.41, 5.74) is 0. The summed E-state index contributed by atoms with van der Waals surface area (Å²) in [6.07, 6.45) is 7.74. The molecule has 1 nitrogen and oxygen atoms in total. The summed E-state index contributed by atoms with van der Waals surface area (Å²) in [5.74, 6) is 3.05. The molecule has 0 amide bonds. The third-order valence-corrected chi connectivity index (χ3v) is 3.66. The van der Waals surface area contributed by atoms with Crippen LogP contribution in [0.1, 0.15) is 40.0 Å². The first-order chi connectivity index (χ1) is 6.65. The summed E-state index contributed by atoms with van der Waals surface area (Å²) in [6, 6.07) is 2.10. The van der Waals surface area contributed by atoms with Gasteiger partial charge in [0, 0.05) is 6.08 Å². The summed E-state index contributed by atoms with van der Waals surface area (Å²) < 4.78 is 0. The summed E-state index contributed by atoms with van der Waals surface area (Å²) in [6.45, 7) is 6.93. The van der Waals surface area contributed by atoms with Crippen molar-refractivity contribution in [2.45, 2.75) is 40.0 Å². The number of nitrogens with zero attached hydrogens (tertiary/aromatic N) is 1. The van der Waals surface area contributed by atoms with E-state index in [1.807, 2.05) is 0 Å². The lowest BCUT2D eigenvalue weighted by Gasteiger charge is -2.34. The second-order valence-corrected chi connectivity index (χ2v) is 4.95. The van der Waals surface area contributed by atoms with Gasteiger partial charge in [0.1, 0.15) is 0 Å². The molecular weight excluding hydrogens is 170 g/mol. The molecule has 3 atom stereocenters. The topological polar surface area (TPSA) is 23.8 Å². The van der Waals surface area contributed by atoms with Crippen LogP contribution in [0.15, 0.2) is 12.2 Å². The summed E-state index contributed by atoms with van der Waals surface area (Å²) >= 11 is 0. The molecule has 0 N–H and O–H groups in total. The Morgan fingerprint density at radius 1 is 1.36 bits per heavy atom. The molecule has 1 fully saturated rings. The minimum Gasteiger partial charge on any atom is -0.193 e. The third kappa shape index (κ3) is 2.87. The minimum absolute atomic E-state index is 0.635. The summed E-state index contributed by atoms with van der Waals surface area (Å²) in [7, 11) is 0. The second kappa shape index (κ2) is 5.20. The first-order valence-corrected chi connectivity index (χ1v) is 5.71. The fourth-order valence-electron chi connectivity index (χ4n) is 2.43. The van der Waals surface area contributed by atoms with Crippen LogP contribution in [0.4, 0.5) is 0 Å². The predicted molar refractivity (Wildman–Crippen MR) is 59.6 cm³/mol. The van der Waals surface area contributed by atoms with E-state index in [0.717, 1.165) is 17.8 Å². The van der Waals surface area contributed by atoms with E-state index in [1.165, 1.54) is 19.3 Å². The van der Waals surface area contributed by atoms with Gasteiger partial charge in [-0.2, -0.15) is 5.26 Å². The number of hydrogen-bond donors (Lipinski definition) is 0. The molecule has 1 saturated carbocycles. The highest BCUT2D eigenvalue weighted by Gasteiger charge is 2.27. The highest BCUT2D eigenvalue weighted by molar-refractivity contribution is 5.05. The summed E-state index contributed by atoms with van der Waals surface area (Å²) in [5, 5.41) is 8.52. The normalized spacial score (nSPS) is 33.5. The maximum Gasteiger partial charge on any atom is 0.0908 e. The van der Waals surface area contributed by atoms with Gasteiger partial charge in [0.15, 0.2) is 0 Å². The first kappa shape index (κ1) is 11.3. The van der Waals surface area contributed by atoms with E-state index in [4.69, 9.17) is 5.26 Å². The fourth-order valence-corrected chi connectivity index (χ4v) is 2.43. The molecule has 0 radical (unpaired) electrons. The molecule has 14 heavy (non-hydrogen) atoms. The Morgan fingerprint density at radius 2 is 2.07 bits per heavy atom. The molecule has 1 heteroatoms. The zero-order chi connectivity index (χ0) is 10.6. The molecular formula is C13H21N. The lowest BCUT2D eigenvalue weighted by molar-refractivity contribution is 0.189. The highest BCUT2D eigenvalue weighted by Crippen LogP contribution is 2.37. The van der Waals surface area contributed by atoms with E-state index in [9.17, 15) is 0 Å². The van der Waals surface area contributed by atoms with Crippen molar-refractivity contribution < 1.29 is 0 Å². The van der Waals surface area contributed by atoms with Gasteiger partial charge in [0.05, 0.1) is 6.07 Å². The second-order valence-electron chi connectivity index (χ2n) is 4.95. The monoisotopic (exact) mass is 191 g/mol.